The van der Waals surface area contributed by atoms with Crippen LogP contribution in [0.4, 0.5) is 10.8 Å². The number of aromatic nitrogens is 1. The molecule has 4 heterocycles. The number of ether oxygens (including phenoxy) is 1. The van der Waals surface area contributed by atoms with E-state index in [-0.39, 0.29) is 24.2 Å². The van der Waals surface area contributed by atoms with Gasteiger partial charge >= 0.3 is 0 Å². The van der Waals surface area contributed by atoms with Crippen molar-refractivity contribution in [3.8, 4) is 0 Å². The van der Waals surface area contributed by atoms with Crippen LogP contribution < -0.4 is 10.2 Å². The molecule has 1 unspecified atom stereocenters. The van der Waals surface area contributed by atoms with Gasteiger partial charge in [0, 0.05) is 31.7 Å². The number of anilines is 2. The number of likely N-dealkylation sites (tertiary alicyclic amines) is 1. The molecule has 0 aliphatic carbocycles. The van der Waals surface area contributed by atoms with Crippen LogP contribution in [-0.2, 0) is 20.9 Å². The molecule has 2 aliphatic heterocycles. The van der Waals surface area contributed by atoms with Crippen LogP contribution in [0.2, 0.25) is 0 Å². The molecule has 8 nitrogen and oxygen atoms in total. The summed E-state index contributed by atoms with van der Waals surface area (Å²) < 4.78 is 11.7. The summed E-state index contributed by atoms with van der Waals surface area (Å²) in [6, 6.07) is 9.36. The van der Waals surface area contributed by atoms with Gasteiger partial charge in [-0.15, -0.1) is 0 Å². The van der Waals surface area contributed by atoms with Gasteiger partial charge in [0.05, 0.1) is 42.2 Å². The lowest BCUT2D eigenvalue weighted by Crippen LogP contribution is -2.36. The maximum absolute atomic E-state index is 12.7. The van der Waals surface area contributed by atoms with Gasteiger partial charge in [0.15, 0.2) is 5.13 Å². The van der Waals surface area contributed by atoms with Gasteiger partial charge < -0.3 is 24.3 Å². The second-order valence-electron chi connectivity index (χ2n) is 7.52. The number of carbonyl (C=O) groups excluding carboxylic acids is 2. The highest BCUT2D eigenvalue weighted by Crippen LogP contribution is 2.31. The van der Waals surface area contributed by atoms with Crippen LogP contribution in [0.3, 0.4) is 0 Å². The number of rotatable bonds is 5. The summed E-state index contributed by atoms with van der Waals surface area (Å²) in [6.45, 7) is 3.91. The van der Waals surface area contributed by atoms with E-state index in [0.29, 0.717) is 26.3 Å². The largest absolute Gasteiger partial charge is 0.467 e. The van der Waals surface area contributed by atoms with Gasteiger partial charge in [0.1, 0.15) is 5.76 Å². The van der Waals surface area contributed by atoms with Crippen molar-refractivity contribution in [2.24, 2.45) is 5.92 Å². The number of nitrogens with one attached hydrogen (secondary N) is 1. The highest BCUT2D eigenvalue weighted by atomic mass is 32.1. The van der Waals surface area contributed by atoms with Crippen molar-refractivity contribution >= 4 is 44.2 Å². The second kappa shape index (κ2) is 8.08. The monoisotopic (exact) mass is 426 g/mol. The Hall–Kier alpha value is -2.91. The fraction of sp³-hybridized carbons (Fsp3) is 0.381. The molecule has 2 fully saturated rings. The van der Waals surface area contributed by atoms with Crippen molar-refractivity contribution < 1.29 is 18.7 Å². The number of furan rings is 1. The zero-order valence-electron chi connectivity index (χ0n) is 16.4. The van der Waals surface area contributed by atoms with Crippen molar-refractivity contribution in [2.45, 2.75) is 13.0 Å². The molecule has 1 N–H and O–H groups in total. The number of carbonyl (C=O) groups is 2. The number of benzene rings is 1. The molecule has 2 amide bonds. The molecule has 2 saturated heterocycles. The molecule has 1 atom stereocenters. The molecular weight excluding hydrogens is 404 g/mol. The molecule has 9 heteroatoms. The maximum Gasteiger partial charge on any atom is 0.229 e. The Kier molecular flexibility index (Phi) is 5.14. The predicted octanol–water partition coefficient (Wildman–Crippen LogP) is 2.71. The molecule has 0 spiro atoms. The van der Waals surface area contributed by atoms with Gasteiger partial charge in [0.25, 0.3) is 0 Å². The van der Waals surface area contributed by atoms with Crippen LogP contribution in [0.15, 0.2) is 41.0 Å². The summed E-state index contributed by atoms with van der Waals surface area (Å²) in [5, 5.41) is 3.95. The summed E-state index contributed by atoms with van der Waals surface area (Å²) in [7, 11) is 0. The van der Waals surface area contributed by atoms with E-state index in [4.69, 9.17) is 14.1 Å². The molecule has 5 rings (SSSR count). The third-order valence-electron chi connectivity index (χ3n) is 5.44. The number of amides is 2. The van der Waals surface area contributed by atoms with E-state index in [1.54, 1.807) is 28.6 Å². The molecule has 3 aromatic rings. The predicted molar refractivity (Wildman–Crippen MR) is 114 cm³/mol. The minimum atomic E-state index is -0.367. The number of hydrogen-bond donors (Lipinski definition) is 1. The van der Waals surface area contributed by atoms with Gasteiger partial charge in [-0.3, -0.25) is 9.59 Å². The third kappa shape index (κ3) is 3.90. The Bertz CT molecular complexity index is 1060. The summed E-state index contributed by atoms with van der Waals surface area (Å²) in [4.78, 5) is 33.6. The lowest BCUT2D eigenvalue weighted by molar-refractivity contribution is -0.128. The standard InChI is InChI=1S/C21H22N4O4S/c26-19-10-14(12-25(19)13-16-2-1-7-29-16)20(27)22-15-3-4-17-18(11-15)30-21(23-17)24-5-8-28-9-6-24/h1-4,7,11,14H,5-6,8-10,12-13H2,(H,22,27). The highest BCUT2D eigenvalue weighted by molar-refractivity contribution is 7.22. The molecular formula is C21H22N4O4S. The van der Waals surface area contributed by atoms with Crippen LogP contribution in [0.5, 0.6) is 0 Å². The zero-order chi connectivity index (χ0) is 20.5. The molecule has 30 heavy (non-hydrogen) atoms. The smallest absolute Gasteiger partial charge is 0.229 e. The highest BCUT2D eigenvalue weighted by Gasteiger charge is 2.34. The van der Waals surface area contributed by atoms with E-state index in [1.165, 1.54) is 0 Å². The van der Waals surface area contributed by atoms with Gasteiger partial charge in [-0.25, -0.2) is 4.98 Å². The van der Waals surface area contributed by atoms with Crippen LogP contribution in [0.25, 0.3) is 10.2 Å². The summed E-state index contributed by atoms with van der Waals surface area (Å²) in [6.07, 6.45) is 1.80. The Balaban J connectivity index is 1.24. The normalized spacial score (nSPS) is 19.6. The fourth-order valence-corrected chi connectivity index (χ4v) is 4.87. The molecule has 2 aliphatic rings. The third-order valence-corrected chi connectivity index (χ3v) is 6.52. The number of morpholine rings is 1. The Morgan fingerprint density at radius 2 is 2.13 bits per heavy atom. The number of thiazole rings is 1. The van der Waals surface area contributed by atoms with Crippen molar-refractivity contribution in [1.82, 2.24) is 9.88 Å². The Labute approximate surface area is 177 Å². The minimum Gasteiger partial charge on any atom is -0.467 e. The van der Waals surface area contributed by atoms with E-state index in [1.807, 2.05) is 24.3 Å². The SMILES string of the molecule is O=C(Nc1ccc2nc(N3CCOCC3)sc2c1)C1CC(=O)N(Cc2ccco2)C1. The van der Waals surface area contributed by atoms with Crippen molar-refractivity contribution in [3.63, 3.8) is 0 Å². The van der Waals surface area contributed by atoms with Gasteiger partial charge in [-0.2, -0.15) is 0 Å². The zero-order valence-corrected chi connectivity index (χ0v) is 17.2. The number of hydrogen-bond acceptors (Lipinski definition) is 7. The Morgan fingerprint density at radius 3 is 2.93 bits per heavy atom. The molecule has 0 radical (unpaired) electrons. The van der Waals surface area contributed by atoms with Crippen LogP contribution >= 0.6 is 11.3 Å². The Morgan fingerprint density at radius 1 is 1.27 bits per heavy atom. The first-order valence-electron chi connectivity index (χ1n) is 10.00. The number of fused-ring (bicyclic) bond motifs is 1. The average Bonchev–Trinajstić information content (AvgIpc) is 3.49. The molecule has 156 valence electrons. The second-order valence-corrected chi connectivity index (χ2v) is 8.53. The van der Waals surface area contributed by atoms with E-state index in [9.17, 15) is 9.59 Å². The topological polar surface area (TPSA) is 87.9 Å². The van der Waals surface area contributed by atoms with Crippen LogP contribution in [-0.4, -0.2) is 54.5 Å². The van der Waals surface area contributed by atoms with Crippen molar-refractivity contribution in [2.75, 3.05) is 43.1 Å². The molecule has 1 aromatic carbocycles. The molecule has 0 bridgehead atoms. The first kappa shape index (κ1) is 19.1. The lowest BCUT2D eigenvalue weighted by Gasteiger charge is -2.25. The number of nitrogens with zero attached hydrogens (tertiary/aromatic N) is 3. The average molecular weight is 426 g/mol. The van der Waals surface area contributed by atoms with Gasteiger partial charge in [-0.1, -0.05) is 11.3 Å². The summed E-state index contributed by atoms with van der Waals surface area (Å²) in [5.41, 5.74) is 1.64. The quantitative estimate of drug-likeness (QED) is 0.675. The van der Waals surface area contributed by atoms with E-state index >= 15 is 0 Å². The van der Waals surface area contributed by atoms with Gasteiger partial charge in [-0.05, 0) is 30.3 Å². The van der Waals surface area contributed by atoms with Gasteiger partial charge in [0.2, 0.25) is 11.8 Å². The van der Waals surface area contributed by atoms with Crippen molar-refractivity contribution in [1.29, 1.82) is 0 Å². The van der Waals surface area contributed by atoms with Crippen LogP contribution in [0, 0.1) is 5.92 Å². The summed E-state index contributed by atoms with van der Waals surface area (Å²) >= 11 is 1.62. The molecule has 2 aromatic heterocycles. The van der Waals surface area contributed by atoms with Crippen molar-refractivity contribution in [3.05, 3.63) is 42.4 Å². The molecule has 0 saturated carbocycles. The lowest BCUT2D eigenvalue weighted by atomic mass is 10.1. The van der Waals surface area contributed by atoms with Crippen LogP contribution in [0.1, 0.15) is 12.2 Å². The van der Waals surface area contributed by atoms with E-state index in [0.717, 1.165) is 39.9 Å². The summed E-state index contributed by atoms with van der Waals surface area (Å²) in [5.74, 6) is 0.187. The maximum atomic E-state index is 12.7. The van der Waals surface area contributed by atoms with E-state index in [2.05, 4.69) is 10.2 Å². The first-order chi connectivity index (χ1) is 14.7. The first-order valence-corrected chi connectivity index (χ1v) is 10.8. The fourth-order valence-electron chi connectivity index (χ4n) is 3.82. The minimum absolute atomic E-state index is 0.0281. The van der Waals surface area contributed by atoms with E-state index < -0.39 is 0 Å².